The van der Waals surface area contributed by atoms with Gasteiger partial charge >= 0.3 is 0 Å². The number of nitro groups is 1. The maximum absolute atomic E-state index is 12.7. The molecular formula is C20H14ClN3O6. The summed E-state index contributed by atoms with van der Waals surface area (Å²) >= 11 is 5.82. The predicted octanol–water partition coefficient (Wildman–Crippen LogP) is 3.09. The molecule has 9 nitrogen and oxygen atoms in total. The molecule has 2 heterocycles. The Kier molecular flexibility index (Phi) is 5.82. The van der Waals surface area contributed by atoms with Gasteiger partial charge in [-0.05, 0) is 42.8 Å². The Morgan fingerprint density at radius 3 is 2.67 bits per heavy atom. The molecule has 0 atom stereocenters. The van der Waals surface area contributed by atoms with Crippen LogP contribution in [0.25, 0.3) is 17.4 Å². The summed E-state index contributed by atoms with van der Waals surface area (Å²) in [7, 11) is 0. The van der Waals surface area contributed by atoms with Crippen molar-refractivity contribution in [2.75, 3.05) is 13.2 Å². The highest BCUT2D eigenvalue weighted by atomic mass is 35.5. The molecule has 1 aromatic heterocycles. The number of rotatable bonds is 5. The van der Waals surface area contributed by atoms with E-state index in [0.717, 1.165) is 4.90 Å². The van der Waals surface area contributed by atoms with Crippen LogP contribution in [-0.2, 0) is 9.59 Å². The van der Waals surface area contributed by atoms with Gasteiger partial charge in [0.1, 0.15) is 28.2 Å². The molecule has 0 spiro atoms. The van der Waals surface area contributed by atoms with Gasteiger partial charge in [0.05, 0.1) is 18.1 Å². The Balaban J connectivity index is 2.03. The minimum absolute atomic E-state index is 0.0103. The molecule has 1 aromatic carbocycles. The SMILES string of the molecule is CC1=C(C#N)C(=O)N(CCO)C(=O)/C1=C/c1ccc(-c2ccc(Cl)c([N+](=O)[O-])c2)o1. The average Bonchev–Trinajstić information content (AvgIpc) is 3.18. The van der Waals surface area contributed by atoms with Crippen LogP contribution >= 0.6 is 11.6 Å². The van der Waals surface area contributed by atoms with Crippen molar-refractivity contribution >= 4 is 35.2 Å². The number of benzene rings is 1. The molecule has 1 aliphatic rings. The number of halogens is 1. The molecule has 2 amide bonds. The van der Waals surface area contributed by atoms with Crippen molar-refractivity contribution in [1.82, 2.24) is 4.90 Å². The minimum atomic E-state index is -0.764. The summed E-state index contributed by atoms with van der Waals surface area (Å²) < 4.78 is 5.68. The highest BCUT2D eigenvalue weighted by molar-refractivity contribution is 6.32. The number of hydrogen-bond acceptors (Lipinski definition) is 7. The van der Waals surface area contributed by atoms with E-state index in [-0.39, 0.29) is 39.7 Å². The molecule has 1 aliphatic heterocycles. The van der Waals surface area contributed by atoms with Crippen LogP contribution in [0.5, 0.6) is 0 Å². The van der Waals surface area contributed by atoms with E-state index in [1.807, 2.05) is 0 Å². The first-order chi connectivity index (χ1) is 14.3. The van der Waals surface area contributed by atoms with Crippen molar-refractivity contribution < 1.29 is 24.0 Å². The maximum Gasteiger partial charge on any atom is 0.288 e. The van der Waals surface area contributed by atoms with E-state index in [9.17, 15) is 25.0 Å². The van der Waals surface area contributed by atoms with Crippen LogP contribution in [0.2, 0.25) is 5.02 Å². The van der Waals surface area contributed by atoms with Crippen molar-refractivity contribution in [3.63, 3.8) is 0 Å². The van der Waals surface area contributed by atoms with Crippen LogP contribution < -0.4 is 0 Å². The number of nitro benzene ring substituents is 1. The first-order valence-corrected chi connectivity index (χ1v) is 9.00. The molecule has 0 unspecified atom stereocenters. The van der Waals surface area contributed by atoms with Crippen LogP contribution in [0.1, 0.15) is 12.7 Å². The highest BCUT2D eigenvalue weighted by Crippen LogP contribution is 2.32. The molecule has 0 saturated carbocycles. The van der Waals surface area contributed by atoms with E-state index in [4.69, 9.17) is 21.1 Å². The van der Waals surface area contributed by atoms with Gasteiger partial charge in [0.2, 0.25) is 0 Å². The number of carbonyl (C=O) groups is 2. The van der Waals surface area contributed by atoms with Crippen LogP contribution in [0.15, 0.2) is 51.5 Å². The molecule has 0 saturated heterocycles. The Morgan fingerprint density at radius 1 is 1.30 bits per heavy atom. The van der Waals surface area contributed by atoms with Gasteiger partial charge in [-0.25, -0.2) is 0 Å². The Morgan fingerprint density at radius 2 is 2.03 bits per heavy atom. The van der Waals surface area contributed by atoms with E-state index < -0.39 is 23.3 Å². The second-order valence-corrected chi connectivity index (χ2v) is 6.69. The first-order valence-electron chi connectivity index (χ1n) is 8.62. The number of amides is 2. The molecule has 152 valence electrons. The number of aliphatic hydroxyl groups is 1. The smallest absolute Gasteiger partial charge is 0.288 e. The summed E-state index contributed by atoms with van der Waals surface area (Å²) in [5, 5.41) is 29.5. The van der Waals surface area contributed by atoms with E-state index in [1.165, 1.54) is 25.1 Å². The predicted molar refractivity (Wildman–Crippen MR) is 106 cm³/mol. The number of furan rings is 1. The summed E-state index contributed by atoms with van der Waals surface area (Å²) in [4.78, 5) is 36.2. The van der Waals surface area contributed by atoms with Gasteiger partial charge < -0.3 is 9.52 Å². The summed E-state index contributed by atoms with van der Waals surface area (Å²) in [5.41, 5.74) is 0.204. The van der Waals surface area contributed by atoms with Crippen LogP contribution in [0.4, 0.5) is 5.69 Å². The monoisotopic (exact) mass is 427 g/mol. The zero-order chi connectivity index (χ0) is 22.0. The first kappa shape index (κ1) is 21.0. The zero-order valence-electron chi connectivity index (χ0n) is 15.6. The quantitative estimate of drug-likeness (QED) is 0.335. The maximum atomic E-state index is 12.7. The largest absolute Gasteiger partial charge is 0.457 e. The lowest BCUT2D eigenvalue weighted by Gasteiger charge is -2.26. The summed E-state index contributed by atoms with van der Waals surface area (Å²) in [5.74, 6) is -0.887. The molecule has 1 N–H and O–H groups in total. The Hall–Kier alpha value is -3.74. The van der Waals surface area contributed by atoms with Gasteiger partial charge in [-0.15, -0.1) is 0 Å². The molecule has 0 bridgehead atoms. The molecule has 2 aromatic rings. The molecule has 30 heavy (non-hydrogen) atoms. The number of aliphatic hydroxyl groups excluding tert-OH is 1. The fraction of sp³-hybridized carbons (Fsp3) is 0.150. The molecular weight excluding hydrogens is 414 g/mol. The summed E-state index contributed by atoms with van der Waals surface area (Å²) in [6, 6.07) is 9.10. The van der Waals surface area contributed by atoms with Gasteiger partial charge in [-0.1, -0.05) is 11.6 Å². The number of imide groups is 1. The normalized spacial score (nSPS) is 15.7. The van der Waals surface area contributed by atoms with E-state index in [2.05, 4.69) is 0 Å². The van der Waals surface area contributed by atoms with Crippen molar-refractivity contribution in [1.29, 1.82) is 5.26 Å². The van der Waals surface area contributed by atoms with Crippen LogP contribution in [0.3, 0.4) is 0 Å². The van der Waals surface area contributed by atoms with Crippen LogP contribution in [-0.4, -0.2) is 39.9 Å². The second kappa shape index (κ2) is 8.32. The van der Waals surface area contributed by atoms with E-state index >= 15 is 0 Å². The third-order valence-electron chi connectivity index (χ3n) is 4.49. The number of hydrogen-bond donors (Lipinski definition) is 1. The fourth-order valence-corrected chi connectivity index (χ4v) is 3.15. The summed E-state index contributed by atoms with van der Waals surface area (Å²) in [6.07, 6.45) is 1.37. The Bertz CT molecular complexity index is 1170. The standard InChI is InChI=1S/C20H14ClN3O6/c1-11-14(19(26)23(6-7-25)20(27)15(11)10-22)9-13-3-5-18(30-13)12-2-4-16(21)17(8-12)24(28)29/h2-5,8-9,25H,6-7H2,1H3/b14-9+. The summed E-state index contributed by atoms with van der Waals surface area (Å²) in [6.45, 7) is 0.789. The number of nitrogens with zero attached hydrogens (tertiary/aromatic N) is 3. The average molecular weight is 428 g/mol. The van der Waals surface area contributed by atoms with Gasteiger partial charge in [0.25, 0.3) is 17.5 Å². The van der Waals surface area contributed by atoms with Gasteiger partial charge in [0.15, 0.2) is 0 Å². The Labute approximate surface area is 175 Å². The zero-order valence-corrected chi connectivity index (χ0v) is 16.3. The lowest BCUT2D eigenvalue weighted by atomic mass is 9.95. The second-order valence-electron chi connectivity index (χ2n) is 6.28. The van der Waals surface area contributed by atoms with Crippen molar-refractivity contribution in [2.24, 2.45) is 0 Å². The third kappa shape index (κ3) is 3.74. The van der Waals surface area contributed by atoms with Gasteiger partial charge in [0, 0.05) is 17.2 Å². The topological polar surface area (TPSA) is 138 Å². The van der Waals surface area contributed by atoms with Crippen LogP contribution in [0, 0.1) is 21.4 Å². The van der Waals surface area contributed by atoms with E-state index in [0.29, 0.717) is 11.3 Å². The molecule has 3 rings (SSSR count). The molecule has 0 aliphatic carbocycles. The van der Waals surface area contributed by atoms with E-state index in [1.54, 1.807) is 24.3 Å². The van der Waals surface area contributed by atoms with Gasteiger partial charge in [-0.2, -0.15) is 5.26 Å². The number of carbonyl (C=O) groups excluding carboxylic acids is 2. The number of nitriles is 1. The molecule has 0 fully saturated rings. The highest BCUT2D eigenvalue weighted by Gasteiger charge is 2.35. The number of β-amino-alcohol motifs (C(OH)–C–C–N with tert-alkyl or cyclic N) is 1. The molecule has 0 radical (unpaired) electrons. The van der Waals surface area contributed by atoms with Crippen molar-refractivity contribution in [2.45, 2.75) is 6.92 Å². The minimum Gasteiger partial charge on any atom is -0.457 e. The third-order valence-corrected chi connectivity index (χ3v) is 4.81. The lowest BCUT2D eigenvalue weighted by molar-refractivity contribution is -0.384. The van der Waals surface area contributed by atoms with Crippen molar-refractivity contribution in [3.05, 3.63) is 67.9 Å². The molecule has 10 heteroatoms. The fourth-order valence-electron chi connectivity index (χ4n) is 2.97. The lowest BCUT2D eigenvalue weighted by Crippen LogP contribution is -2.44. The van der Waals surface area contributed by atoms with Gasteiger partial charge in [-0.3, -0.25) is 24.6 Å². The van der Waals surface area contributed by atoms with Crippen molar-refractivity contribution in [3.8, 4) is 17.4 Å².